The van der Waals surface area contributed by atoms with Gasteiger partial charge in [0.05, 0.1) is 0 Å². The second-order valence-corrected chi connectivity index (χ2v) is 2.74. The number of carbonyl (C=O) groups is 1. The van der Waals surface area contributed by atoms with E-state index in [1.165, 1.54) is 5.56 Å². The summed E-state index contributed by atoms with van der Waals surface area (Å²) in [7, 11) is 0. The van der Waals surface area contributed by atoms with Gasteiger partial charge in [-0.25, -0.2) is 0 Å². The quantitative estimate of drug-likeness (QED) is 0.648. The van der Waals surface area contributed by atoms with Gasteiger partial charge in [0.1, 0.15) is 0 Å². The molecule has 0 fully saturated rings. The minimum Gasteiger partial charge on any atom is -0.328 e. The van der Waals surface area contributed by atoms with E-state index in [0.29, 0.717) is 6.41 Å². The zero-order valence-electron chi connectivity index (χ0n) is 6.58. The summed E-state index contributed by atoms with van der Waals surface area (Å²) in [6.45, 7) is 0. The van der Waals surface area contributed by atoms with Crippen LogP contribution in [0.15, 0.2) is 30.3 Å². The van der Waals surface area contributed by atoms with E-state index in [4.69, 9.17) is 0 Å². The molecular formula is C10H9NO. The lowest BCUT2D eigenvalue weighted by Crippen LogP contribution is -2.07. The molecule has 1 amide bonds. The first-order chi connectivity index (χ1) is 5.92. The zero-order chi connectivity index (χ0) is 8.39. The Hall–Kier alpha value is -1.57. The zero-order valence-corrected chi connectivity index (χ0v) is 6.58. The second kappa shape index (κ2) is 2.81. The Balaban J connectivity index is 2.38. The number of amides is 1. The molecule has 0 aliphatic heterocycles. The molecule has 0 atom stereocenters. The highest BCUT2D eigenvalue weighted by Gasteiger charge is 2.11. The molecule has 0 spiro atoms. The predicted molar refractivity (Wildman–Crippen MR) is 47.3 cm³/mol. The van der Waals surface area contributed by atoms with Crippen molar-refractivity contribution < 1.29 is 4.79 Å². The van der Waals surface area contributed by atoms with Gasteiger partial charge in [0.2, 0.25) is 6.41 Å². The van der Waals surface area contributed by atoms with Gasteiger partial charge in [0.15, 0.2) is 0 Å². The van der Waals surface area contributed by atoms with Crippen molar-refractivity contribution in [3.8, 4) is 0 Å². The Morgan fingerprint density at radius 2 is 2.17 bits per heavy atom. The normalized spacial score (nSPS) is 13.5. The van der Waals surface area contributed by atoms with Crippen LogP contribution in [0.2, 0.25) is 0 Å². The van der Waals surface area contributed by atoms with Crippen LogP contribution in [0, 0.1) is 0 Å². The van der Waals surface area contributed by atoms with Gasteiger partial charge in [-0.2, -0.15) is 0 Å². The lowest BCUT2D eigenvalue weighted by Gasteiger charge is -2.01. The van der Waals surface area contributed by atoms with Crippen molar-refractivity contribution >= 4 is 12.1 Å². The molecule has 0 bridgehead atoms. The molecule has 0 radical (unpaired) electrons. The molecule has 2 heteroatoms. The number of allylic oxidation sites excluding steroid dienone is 1. The summed E-state index contributed by atoms with van der Waals surface area (Å²) in [5, 5.41) is 2.68. The molecule has 2 rings (SSSR count). The van der Waals surface area contributed by atoms with Gasteiger partial charge in [-0.15, -0.1) is 0 Å². The first-order valence-corrected chi connectivity index (χ1v) is 3.90. The molecule has 0 aromatic heterocycles. The van der Waals surface area contributed by atoms with Crippen LogP contribution in [0.3, 0.4) is 0 Å². The van der Waals surface area contributed by atoms with E-state index in [1.54, 1.807) is 0 Å². The molecule has 1 aliphatic carbocycles. The minimum atomic E-state index is 0.716. The van der Waals surface area contributed by atoms with Crippen molar-refractivity contribution in [2.75, 3.05) is 0 Å². The van der Waals surface area contributed by atoms with E-state index >= 15 is 0 Å². The fourth-order valence-corrected chi connectivity index (χ4v) is 1.48. The van der Waals surface area contributed by atoms with Gasteiger partial charge < -0.3 is 5.32 Å². The number of hydrogen-bond donors (Lipinski definition) is 1. The third-order valence-corrected chi connectivity index (χ3v) is 2.05. The summed E-state index contributed by atoms with van der Waals surface area (Å²) in [5.74, 6) is 0. The van der Waals surface area contributed by atoms with Crippen LogP contribution in [0.1, 0.15) is 11.1 Å². The van der Waals surface area contributed by atoms with E-state index in [9.17, 15) is 4.79 Å². The minimum absolute atomic E-state index is 0.716. The predicted octanol–water partition coefficient (Wildman–Crippen LogP) is 1.33. The van der Waals surface area contributed by atoms with Crippen molar-refractivity contribution in [3.63, 3.8) is 0 Å². The molecule has 1 aliphatic rings. The molecular weight excluding hydrogens is 150 g/mol. The Labute approximate surface area is 70.9 Å². The first-order valence-electron chi connectivity index (χ1n) is 3.90. The summed E-state index contributed by atoms with van der Waals surface area (Å²) in [4.78, 5) is 10.2. The van der Waals surface area contributed by atoms with E-state index in [-0.39, 0.29) is 0 Å². The molecule has 0 unspecified atom stereocenters. The molecule has 0 heterocycles. The summed E-state index contributed by atoms with van der Waals surface area (Å²) < 4.78 is 0. The van der Waals surface area contributed by atoms with Crippen LogP contribution in [0.5, 0.6) is 0 Å². The highest BCUT2D eigenvalue weighted by atomic mass is 16.1. The van der Waals surface area contributed by atoms with Gasteiger partial charge >= 0.3 is 0 Å². The lowest BCUT2D eigenvalue weighted by molar-refractivity contribution is -0.108. The lowest BCUT2D eigenvalue weighted by atomic mass is 10.1. The number of rotatable bonds is 2. The molecule has 12 heavy (non-hydrogen) atoms. The summed E-state index contributed by atoms with van der Waals surface area (Å²) in [6, 6.07) is 8.08. The first kappa shape index (κ1) is 7.10. The number of benzene rings is 1. The molecule has 0 saturated carbocycles. The van der Waals surface area contributed by atoms with Crippen LogP contribution in [-0.2, 0) is 11.2 Å². The molecule has 0 saturated heterocycles. The van der Waals surface area contributed by atoms with Gasteiger partial charge in [-0.1, -0.05) is 30.3 Å². The summed E-state index contributed by atoms with van der Waals surface area (Å²) in [5.41, 5.74) is 3.35. The van der Waals surface area contributed by atoms with Crippen LogP contribution in [0.25, 0.3) is 5.70 Å². The van der Waals surface area contributed by atoms with E-state index in [2.05, 4.69) is 11.4 Å². The van der Waals surface area contributed by atoms with Crippen molar-refractivity contribution in [2.45, 2.75) is 6.42 Å². The van der Waals surface area contributed by atoms with Crippen molar-refractivity contribution in [1.82, 2.24) is 5.32 Å². The SMILES string of the molecule is O=CNC1=CCc2ccccc21. The topological polar surface area (TPSA) is 29.1 Å². The Morgan fingerprint density at radius 1 is 1.33 bits per heavy atom. The molecule has 1 N–H and O–H groups in total. The molecule has 2 nitrogen and oxygen atoms in total. The number of hydrogen-bond acceptors (Lipinski definition) is 1. The average molecular weight is 159 g/mol. The van der Waals surface area contributed by atoms with Crippen molar-refractivity contribution in [3.05, 3.63) is 41.5 Å². The van der Waals surface area contributed by atoms with Crippen molar-refractivity contribution in [2.24, 2.45) is 0 Å². The Bertz CT molecular complexity index is 341. The average Bonchev–Trinajstić information content (AvgIpc) is 2.50. The third-order valence-electron chi connectivity index (χ3n) is 2.05. The van der Waals surface area contributed by atoms with Gasteiger partial charge in [-0.05, 0) is 12.0 Å². The number of nitrogens with one attached hydrogen (secondary N) is 1. The number of carbonyl (C=O) groups excluding carboxylic acids is 1. The molecule has 1 aromatic rings. The van der Waals surface area contributed by atoms with E-state index in [0.717, 1.165) is 17.7 Å². The molecule has 60 valence electrons. The third kappa shape index (κ3) is 1.01. The Kier molecular flexibility index (Phi) is 1.67. The Morgan fingerprint density at radius 3 is 3.00 bits per heavy atom. The maximum Gasteiger partial charge on any atom is 0.211 e. The van der Waals surface area contributed by atoms with E-state index in [1.807, 2.05) is 24.3 Å². The largest absolute Gasteiger partial charge is 0.328 e. The highest BCUT2D eigenvalue weighted by Crippen LogP contribution is 2.24. The van der Waals surface area contributed by atoms with Crippen LogP contribution < -0.4 is 5.32 Å². The standard InChI is InChI=1S/C10H9NO/c12-7-11-10-6-5-8-3-1-2-4-9(8)10/h1-4,6-7H,5H2,(H,11,12). The van der Waals surface area contributed by atoms with E-state index < -0.39 is 0 Å². The summed E-state index contributed by atoms with van der Waals surface area (Å²) >= 11 is 0. The van der Waals surface area contributed by atoms with Crippen LogP contribution in [0.4, 0.5) is 0 Å². The highest BCUT2D eigenvalue weighted by molar-refractivity contribution is 5.78. The molecule has 1 aromatic carbocycles. The second-order valence-electron chi connectivity index (χ2n) is 2.74. The fraction of sp³-hybridized carbons (Fsp3) is 0.100. The number of fused-ring (bicyclic) bond motifs is 1. The van der Waals surface area contributed by atoms with Crippen LogP contribution >= 0.6 is 0 Å². The summed E-state index contributed by atoms with van der Waals surface area (Å²) in [6.07, 6.45) is 3.67. The van der Waals surface area contributed by atoms with Crippen LogP contribution in [-0.4, -0.2) is 6.41 Å². The maximum absolute atomic E-state index is 10.2. The smallest absolute Gasteiger partial charge is 0.211 e. The maximum atomic E-state index is 10.2. The van der Waals surface area contributed by atoms with Gasteiger partial charge in [0.25, 0.3) is 0 Å². The monoisotopic (exact) mass is 159 g/mol. The van der Waals surface area contributed by atoms with Gasteiger partial charge in [0, 0.05) is 11.3 Å². The van der Waals surface area contributed by atoms with Crippen molar-refractivity contribution in [1.29, 1.82) is 0 Å². The fourth-order valence-electron chi connectivity index (χ4n) is 1.48. The van der Waals surface area contributed by atoms with Gasteiger partial charge in [-0.3, -0.25) is 4.79 Å².